The summed E-state index contributed by atoms with van der Waals surface area (Å²) in [5.74, 6) is -1.24. The molecule has 2 rings (SSSR count). The SMILES string of the molecule is CC1(C)OC2C(=O)OC(CN=[N+]=[N-])C2O1. The number of hydrogen-bond donors (Lipinski definition) is 0. The minimum atomic E-state index is -0.788. The molecule has 7 heteroatoms. The second-order valence-electron chi connectivity index (χ2n) is 3.91. The molecule has 3 atom stereocenters. The highest BCUT2D eigenvalue weighted by atomic mass is 16.8. The number of nitrogens with zero attached hydrogens (tertiary/aromatic N) is 3. The van der Waals surface area contributed by atoms with Gasteiger partial charge < -0.3 is 14.2 Å². The average Bonchev–Trinajstić information content (AvgIpc) is 2.60. The Morgan fingerprint density at radius 2 is 2.27 bits per heavy atom. The van der Waals surface area contributed by atoms with Crippen LogP contribution in [0.25, 0.3) is 10.4 Å². The lowest BCUT2D eigenvalue weighted by molar-refractivity contribution is -0.185. The van der Waals surface area contributed by atoms with Gasteiger partial charge in [-0.3, -0.25) is 0 Å². The zero-order chi connectivity index (χ0) is 11.1. The maximum atomic E-state index is 11.4. The van der Waals surface area contributed by atoms with Crippen LogP contribution in [-0.2, 0) is 19.0 Å². The van der Waals surface area contributed by atoms with Crippen molar-refractivity contribution in [2.75, 3.05) is 6.54 Å². The molecule has 7 nitrogen and oxygen atoms in total. The first-order chi connectivity index (χ1) is 7.03. The molecule has 3 unspecified atom stereocenters. The molecule has 2 heterocycles. The van der Waals surface area contributed by atoms with Crippen LogP contribution < -0.4 is 0 Å². The number of carbonyl (C=O) groups is 1. The third-order valence-corrected chi connectivity index (χ3v) is 2.32. The molecule has 0 N–H and O–H groups in total. The van der Waals surface area contributed by atoms with Crippen molar-refractivity contribution in [2.24, 2.45) is 5.11 Å². The van der Waals surface area contributed by atoms with Crippen molar-refractivity contribution in [1.82, 2.24) is 0 Å². The van der Waals surface area contributed by atoms with E-state index in [-0.39, 0.29) is 6.54 Å². The Hall–Kier alpha value is -1.30. The Kier molecular flexibility index (Phi) is 2.30. The first kappa shape index (κ1) is 10.2. The van der Waals surface area contributed by atoms with Gasteiger partial charge in [0.15, 0.2) is 11.9 Å². The number of esters is 1. The fourth-order valence-corrected chi connectivity index (χ4v) is 1.78. The Balaban J connectivity index is 2.12. The van der Waals surface area contributed by atoms with Gasteiger partial charge in [0.25, 0.3) is 0 Å². The van der Waals surface area contributed by atoms with Gasteiger partial charge >= 0.3 is 5.97 Å². The fourth-order valence-electron chi connectivity index (χ4n) is 1.78. The number of fused-ring (bicyclic) bond motifs is 1. The van der Waals surface area contributed by atoms with Crippen molar-refractivity contribution in [3.63, 3.8) is 0 Å². The number of azide groups is 1. The molecule has 0 saturated carbocycles. The summed E-state index contributed by atoms with van der Waals surface area (Å²) < 4.78 is 15.8. The van der Waals surface area contributed by atoms with Crippen LogP contribution in [0.5, 0.6) is 0 Å². The maximum absolute atomic E-state index is 11.4. The molecule has 0 bridgehead atoms. The summed E-state index contributed by atoms with van der Waals surface area (Å²) in [6.45, 7) is 3.52. The van der Waals surface area contributed by atoms with E-state index in [4.69, 9.17) is 19.7 Å². The topological polar surface area (TPSA) is 93.5 Å². The van der Waals surface area contributed by atoms with E-state index in [9.17, 15) is 4.79 Å². The van der Waals surface area contributed by atoms with E-state index in [1.807, 2.05) is 0 Å². The quantitative estimate of drug-likeness (QED) is 0.292. The summed E-state index contributed by atoms with van der Waals surface area (Å²) >= 11 is 0. The molecule has 2 fully saturated rings. The van der Waals surface area contributed by atoms with Crippen LogP contribution in [0.3, 0.4) is 0 Å². The van der Waals surface area contributed by atoms with Gasteiger partial charge in [-0.2, -0.15) is 0 Å². The van der Waals surface area contributed by atoms with E-state index in [1.165, 1.54) is 0 Å². The molecule has 15 heavy (non-hydrogen) atoms. The first-order valence-electron chi connectivity index (χ1n) is 4.60. The molecule has 82 valence electrons. The number of carbonyl (C=O) groups excluding carboxylic acids is 1. The van der Waals surface area contributed by atoms with Gasteiger partial charge in [0.2, 0.25) is 0 Å². The van der Waals surface area contributed by atoms with Gasteiger partial charge in [-0.25, -0.2) is 4.79 Å². The predicted octanol–water partition coefficient (Wildman–Crippen LogP) is 0.742. The monoisotopic (exact) mass is 213 g/mol. The lowest BCUT2D eigenvalue weighted by Crippen LogP contribution is -2.31. The second kappa shape index (κ2) is 3.37. The second-order valence-corrected chi connectivity index (χ2v) is 3.91. The van der Waals surface area contributed by atoms with Crippen molar-refractivity contribution in [1.29, 1.82) is 0 Å². The normalized spacial score (nSPS) is 36.9. The zero-order valence-corrected chi connectivity index (χ0v) is 8.41. The highest BCUT2D eigenvalue weighted by Crippen LogP contribution is 2.35. The molecule has 0 radical (unpaired) electrons. The van der Waals surface area contributed by atoms with Crippen molar-refractivity contribution >= 4 is 5.97 Å². The van der Waals surface area contributed by atoms with Gasteiger partial charge in [0.1, 0.15) is 12.2 Å². The van der Waals surface area contributed by atoms with Gasteiger partial charge in [0.05, 0.1) is 6.54 Å². The van der Waals surface area contributed by atoms with E-state index in [0.717, 1.165) is 0 Å². The lowest BCUT2D eigenvalue weighted by atomic mass is 10.1. The third kappa shape index (κ3) is 1.77. The van der Waals surface area contributed by atoms with Crippen molar-refractivity contribution in [3.05, 3.63) is 10.4 Å². The standard InChI is InChI=1S/C8H11N3O4/c1-8(2)14-5-4(3-10-11-9)13-7(12)6(5)15-8/h4-6H,3H2,1-2H3. The summed E-state index contributed by atoms with van der Waals surface area (Å²) in [7, 11) is 0. The largest absolute Gasteiger partial charge is 0.457 e. The molecule has 0 aromatic carbocycles. The minimum Gasteiger partial charge on any atom is -0.457 e. The van der Waals surface area contributed by atoms with Crippen molar-refractivity contribution in [2.45, 2.75) is 37.9 Å². The summed E-state index contributed by atoms with van der Waals surface area (Å²) in [5, 5.41) is 3.36. The molecule has 0 aromatic rings. The number of rotatable bonds is 2. The molecule has 2 saturated heterocycles. The van der Waals surface area contributed by atoms with Crippen LogP contribution in [0.2, 0.25) is 0 Å². The molecule has 0 aromatic heterocycles. The van der Waals surface area contributed by atoms with Gasteiger partial charge in [-0.05, 0) is 19.4 Å². The van der Waals surface area contributed by atoms with Crippen LogP contribution in [0, 0.1) is 0 Å². The van der Waals surface area contributed by atoms with Crippen molar-refractivity contribution in [3.8, 4) is 0 Å². The molecule has 2 aliphatic heterocycles. The average molecular weight is 213 g/mol. The molecular weight excluding hydrogens is 202 g/mol. The van der Waals surface area contributed by atoms with Gasteiger partial charge in [0, 0.05) is 4.91 Å². The van der Waals surface area contributed by atoms with E-state index >= 15 is 0 Å². The van der Waals surface area contributed by atoms with E-state index in [0.29, 0.717) is 0 Å². The predicted molar refractivity (Wildman–Crippen MR) is 47.7 cm³/mol. The zero-order valence-electron chi connectivity index (χ0n) is 8.41. The van der Waals surface area contributed by atoms with Gasteiger partial charge in [-0.1, -0.05) is 5.11 Å². The van der Waals surface area contributed by atoms with Crippen LogP contribution in [0.4, 0.5) is 0 Å². The number of cyclic esters (lactones) is 1. The molecule has 0 aliphatic carbocycles. The third-order valence-electron chi connectivity index (χ3n) is 2.32. The Morgan fingerprint density at radius 1 is 1.53 bits per heavy atom. The van der Waals surface area contributed by atoms with Crippen LogP contribution in [-0.4, -0.2) is 36.6 Å². The van der Waals surface area contributed by atoms with E-state index in [1.54, 1.807) is 13.8 Å². The minimum absolute atomic E-state index is 0.0723. The smallest absolute Gasteiger partial charge is 0.338 e. The number of hydrogen-bond acceptors (Lipinski definition) is 5. The van der Waals surface area contributed by atoms with Crippen LogP contribution in [0.15, 0.2) is 5.11 Å². The maximum Gasteiger partial charge on any atom is 0.338 e. The highest BCUT2D eigenvalue weighted by molar-refractivity contribution is 5.78. The summed E-state index contributed by atoms with van der Waals surface area (Å²) in [4.78, 5) is 14.0. The number of ether oxygens (including phenoxy) is 3. The van der Waals surface area contributed by atoms with Crippen molar-refractivity contribution < 1.29 is 19.0 Å². The van der Waals surface area contributed by atoms with Crippen LogP contribution >= 0.6 is 0 Å². The summed E-state index contributed by atoms with van der Waals surface area (Å²) in [5.41, 5.74) is 8.18. The molecular formula is C8H11N3O4. The molecule has 0 spiro atoms. The van der Waals surface area contributed by atoms with E-state index in [2.05, 4.69) is 10.0 Å². The molecule has 2 aliphatic rings. The highest BCUT2D eigenvalue weighted by Gasteiger charge is 2.55. The summed E-state index contributed by atoms with van der Waals surface area (Å²) in [6, 6.07) is 0. The lowest BCUT2D eigenvalue weighted by Gasteiger charge is -2.20. The Labute approximate surface area is 85.9 Å². The molecule has 0 amide bonds. The first-order valence-corrected chi connectivity index (χ1v) is 4.60. The van der Waals surface area contributed by atoms with E-state index < -0.39 is 30.1 Å². The van der Waals surface area contributed by atoms with Crippen LogP contribution in [0.1, 0.15) is 13.8 Å². The summed E-state index contributed by atoms with van der Waals surface area (Å²) in [6.07, 6.45) is -1.71. The Bertz CT molecular complexity index is 335. The Morgan fingerprint density at radius 3 is 2.93 bits per heavy atom. The van der Waals surface area contributed by atoms with Gasteiger partial charge in [-0.15, -0.1) is 0 Å². The fraction of sp³-hybridized carbons (Fsp3) is 0.875.